The third-order valence-electron chi connectivity index (χ3n) is 4.41. The standard InChI is InChI=1S/C16H27N9.HI/c1-11-20-14-13(7-6-8-25(14)22-11)21-15(17-2)18-9-12-10-19-16(23(3)4)24(12)5;/h10,13H,6-9H2,1-5H3,(H2,17,18,21);1H. The van der Waals surface area contributed by atoms with Crippen LogP contribution in [0.1, 0.15) is 36.2 Å². The van der Waals surface area contributed by atoms with Crippen LogP contribution in [0.3, 0.4) is 0 Å². The van der Waals surface area contributed by atoms with Gasteiger partial charge in [-0.25, -0.2) is 14.6 Å². The molecule has 0 aromatic carbocycles. The number of halogens is 1. The Morgan fingerprint density at radius 3 is 2.85 bits per heavy atom. The van der Waals surface area contributed by atoms with Crippen molar-refractivity contribution in [2.24, 2.45) is 12.0 Å². The zero-order valence-corrected chi connectivity index (χ0v) is 18.4. The molecule has 1 aliphatic rings. The molecule has 1 aliphatic heterocycles. The summed E-state index contributed by atoms with van der Waals surface area (Å²) in [6, 6.07) is 0.130. The van der Waals surface area contributed by atoms with Gasteiger partial charge in [0.2, 0.25) is 5.95 Å². The van der Waals surface area contributed by atoms with Crippen LogP contribution >= 0.6 is 24.0 Å². The van der Waals surface area contributed by atoms with Gasteiger partial charge in [0.15, 0.2) is 5.96 Å². The lowest BCUT2D eigenvalue weighted by atomic mass is 10.1. The number of nitrogens with one attached hydrogen (secondary N) is 2. The highest BCUT2D eigenvalue weighted by atomic mass is 127. The summed E-state index contributed by atoms with van der Waals surface area (Å²) >= 11 is 0. The van der Waals surface area contributed by atoms with Crippen LogP contribution in [-0.4, -0.2) is 51.4 Å². The van der Waals surface area contributed by atoms with Gasteiger partial charge in [0.1, 0.15) is 11.6 Å². The van der Waals surface area contributed by atoms with Gasteiger partial charge in [0.05, 0.1) is 24.5 Å². The number of aliphatic imine (C=N–C) groups is 1. The molecule has 2 N–H and O–H groups in total. The average Bonchev–Trinajstić information content (AvgIpc) is 3.13. The predicted octanol–water partition coefficient (Wildman–Crippen LogP) is 1.20. The van der Waals surface area contributed by atoms with Crippen molar-refractivity contribution in [3.05, 3.63) is 23.5 Å². The number of hydrogen-bond acceptors (Lipinski definition) is 5. The quantitative estimate of drug-likeness (QED) is 0.395. The maximum absolute atomic E-state index is 4.56. The molecule has 0 saturated heterocycles. The monoisotopic (exact) mass is 473 g/mol. The second kappa shape index (κ2) is 8.69. The first kappa shape index (κ1) is 20.5. The molecular weight excluding hydrogens is 445 g/mol. The Labute approximate surface area is 171 Å². The van der Waals surface area contributed by atoms with Gasteiger partial charge in [-0.2, -0.15) is 5.10 Å². The molecule has 0 saturated carbocycles. The van der Waals surface area contributed by atoms with Crippen LogP contribution < -0.4 is 15.5 Å². The number of anilines is 1. The van der Waals surface area contributed by atoms with Crippen molar-refractivity contribution in [3.63, 3.8) is 0 Å². The highest BCUT2D eigenvalue weighted by Crippen LogP contribution is 2.22. The van der Waals surface area contributed by atoms with Gasteiger partial charge in [-0.15, -0.1) is 24.0 Å². The van der Waals surface area contributed by atoms with Crippen LogP contribution in [-0.2, 0) is 20.1 Å². The second-order valence-electron chi connectivity index (χ2n) is 6.51. The normalized spacial score (nSPS) is 16.7. The molecular formula is C16H28IN9. The molecule has 1 unspecified atom stereocenters. The highest BCUT2D eigenvalue weighted by Gasteiger charge is 2.24. The fourth-order valence-electron chi connectivity index (χ4n) is 3.15. The molecule has 26 heavy (non-hydrogen) atoms. The Morgan fingerprint density at radius 2 is 2.19 bits per heavy atom. The first-order valence-electron chi connectivity index (χ1n) is 8.56. The molecule has 0 radical (unpaired) electrons. The average molecular weight is 473 g/mol. The summed E-state index contributed by atoms with van der Waals surface area (Å²) in [5.41, 5.74) is 1.09. The van der Waals surface area contributed by atoms with E-state index in [9.17, 15) is 0 Å². The van der Waals surface area contributed by atoms with Crippen LogP contribution in [0.15, 0.2) is 11.2 Å². The number of rotatable bonds is 4. The second-order valence-corrected chi connectivity index (χ2v) is 6.51. The molecule has 3 rings (SSSR count). The largest absolute Gasteiger partial charge is 0.351 e. The zero-order valence-electron chi connectivity index (χ0n) is 16.0. The van der Waals surface area contributed by atoms with E-state index in [0.717, 1.165) is 48.6 Å². The molecule has 0 fully saturated rings. The van der Waals surface area contributed by atoms with E-state index in [1.807, 2.05) is 43.8 Å². The highest BCUT2D eigenvalue weighted by molar-refractivity contribution is 14.0. The van der Waals surface area contributed by atoms with Gasteiger partial charge < -0.3 is 20.1 Å². The van der Waals surface area contributed by atoms with E-state index in [-0.39, 0.29) is 30.0 Å². The smallest absolute Gasteiger partial charge is 0.204 e. The van der Waals surface area contributed by atoms with Crippen LogP contribution in [0, 0.1) is 6.92 Å². The van der Waals surface area contributed by atoms with Gasteiger partial charge in [0.25, 0.3) is 0 Å². The van der Waals surface area contributed by atoms with Crippen molar-refractivity contribution in [1.29, 1.82) is 0 Å². The molecule has 0 spiro atoms. The van der Waals surface area contributed by atoms with Crippen LogP contribution in [0.5, 0.6) is 0 Å². The lowest BCUT2D eigenvalue weighted by Gasteiger charge is -2.25. The Hall–Kier alpha value is -1.85. The van der Waals surface area contributed by atoms with Crippen molar-refractivity contribution < 1.29 is 0 Å². The van der Waals surface area contributed by atoms with Gasteiger partial charge in [-0.05, 0) is 19.8 Å². The number of hydrogen-bond donors (Lipinski definition) is 2. The van der Waals surface area contributed by atoms with E-state index < -0.39 is 0 Å². The van der Waals surface area contributed by atoms with E-state index in [2.05, 4.69) is 35.3 Å². The summed E-state index contributed by atoms with van der Waals surface area (Å²) < 4.78 is 4.06. The first-order chi connectivity index (χ1) is 12.0. The molecule has 0 amide bonds. The molecule has 10 heteroatoms. The number of imidazole rings is 1. The van der Waals surface area contributed by atoms with Gasteiger partial charge in [0, 0.05) is 34.7 Å². The lowest BCUT2D eigenvalue weighted by Crippen LogP contribution is -2.41. The topological polar surface area (TPSA) is 88.2 Å². The zero-order chi connectivity index (χ0) is 18.0. The first-order valence-corrected chi connectivity index (χ1v) is 8.56. The lowest BCUT2D eigenvalue weighted by molar-refractivity contribution is 0.397. The predicted molar refractivity (Wildman–Crippen MR) is 113 cm³/mol. The summed E-state index contributed by atoms with van der Waals surface area (Å²) in [6.07, 6.45) is 3.99. The summed E-state index contributed by atoms with van der Waals surface area (Å²) in [6.45, 7) is 3.51. The Kier molecular flexibility index (Phi) is 6.84. The maximum Gasteiger partial charge on any atom is 0.204 e. The van der Waals surface area contributed by atoms with Gasteiger partial charge >= 0.3 is 0 Å². The maximum atomic E-state index is 4.56. The van der Waals surface area contributed by atoms with E-state index in [1.165, 1.54) is 0 Å². The molecule has 0 bridgehead atoms. The van der Waals surface area contributed by atoms with Crippen LogP contribution in [0.25, 0.3) is 0 Å². The molecule has 2 aromatic heterocycles. The summed E-state index contributed by atoms with van der Waals surface area (Å²) in [5.74, 6) is 3.49. The summed E-state index contributed by atoms with van der Waals surface area (Å²) in [7, 11) is 7.77. The van der Waals surface area contributed by atoms with E-state index in [1.54, 1.807) is 7.05 Å². The summed E-state index contributed by atoms with van der Waals surface area (Å²) in [4.78, 5) is 15.3. The van der Waals surface area contributed by atoms with Crippen LogP contribution in [0.4, 0.5) is 5.95 Å². The third-order valence-corrected chi connectivity index (χ3v) is 4.41. The SMILES string of the molecule is CN=C(NCc1cnc(N(C)C)n1C)NC1CCCn2nc(C)nc21.I. The van der Waals surface area contributed by atoms with E-state index in [0.29, 0.717) is 6.54 Å². The van der Waals surface area contributed by atoms with Crippen LogP contribution in [0.2, 0.25) is 0 Å². The number of aromatic nitrogens is 5. The van der Waals surface area contributed by atoms with Crippen molar-refractivity contribution in [2.75, 3.05) is 26.0 Å². The fraction of sp³-hybridized carbons (Fsp3) is 0.625. The molecule has 3 heterocycles. The Balaban J connectivity index is 0.00000243. The minimum absolute atomic E-state index is 0. The number of guanidine groups is 1. The van der Waals surface area contributed by atoms with Gasteiger partial charge in [-0.1, -0.05) is 0 Å². The van der Waals surface area contributed by atoms with Gasteiger partial charge in [-0.3, -0.25) is 4.99 Å². The Bertz CT molecular complexity index is 762. The molecule has 9 nitrogen and oxygen atoms in total. The van der Waals surface area contributed by atoms with E-state index in [4.69, 9.17) is 0 Å². The van der Waals surface area contributed by atoms with Crippen molar-refractivity contribution in [2.45, 2.75) is 38.9 Å². The number of nitrogens with zero attached hydrogens (tertiary/aromatic N) is 7. The number of aryl methyl sites for hydroxylation is 2. The fourth-order valence-corrected chi connectivity index (χ4v) is 3.15. The van der Waals surface area contributed by atoms with Crippen molar-refractivity contribution >= 4 is 35.9 Å². The number of fused-ring (bicyclic) bond motifs is 1. The summed E-state index contributed by atoms with van der Waals surface area (Å²) in [5, 5.41) is 11.3. The van der Waals surface area contributed by atoms with Crippen molar-refractivity contribution in [3.8, 4) is 0 Å². The minimum atomic E-state index is 0. The molecule has 144 valence electrons. The van der Waals surface area contributed by atoms with Crippen molar-refractivity contribution in [1.82, 2.24) is 34.9 Å². The third kappa shape index (κ3) is 4.27. The molecule has 0 aliphatic carbocycles. The Morgan fingerprint density at radius 1 is 1.42 bits per heavy atom. The minimum Gasteiger partial charge on any atom is -0.351 e. The molecule has 1 atom stereocenters. The molecule has 2 aromatic rings. The van der Waals surface area contributed by atoms with E-state index >= 15 is 0 Å².